The minimum atomic E-state index is -0.779. The number of aliphatic imine (C=N–C) groups is 1. The summed E-state index contributed by atoms with van der Waals surface area (Å²) in [4.78, 5) is 15.8. The third-order valence-electron chi connectivity index (χ3n) is 2.96. The highest BCUT2D eigenvalue weighted by Gasteiger charge is 2.16. The maximum atomic E-state index is 12.0. The lowest BCUT2D eigenvalue weighted by molar-refractivity contribution is 0.0999. The zero-order valence-electron chi connectivity index (χ0n) is 11.5. The molecule has 6 nitrogen and oxygen atoms in total. The Labute approximate surface area is 140 Å². The summed E-state index contributed by atoms with van der Waals surface area (Å²) in [6.45, 7) is -0.365. The lowest BCUT2D eigenvalue weighted by Gasteiger charge is -2.05. The van der Waals surface area contributed by atoms with Gasteiger partial charge in [-0.25, -0.2) is 0 Å². The fourth-order valence-electron chi connectivity index (χ4n) is 1.80. The van der Waals surface area contributed by atoms with E-state index in [4.69, 9.17) is 23.2 Å². The Morgan fingerprint density at radius 2 is 1.74 bits per heavy atom. The van der Waals surface area contributed by atoms with Crippen molar-refractivity contribution >= 4 is 35.2 Å². The van der Waals surface area contributed by atoms with Gasteiger partial charge in [-0.05, 0) is 24.3 Å². The van der Waals surface area contributed by atoms with Crippen LogP contribution in [-0.4, -0.2) is 39.0 Å². The van der Waals surface area contributed by atoms with Crippen LogP contribution in [0.25, 0.3) is 0 Å². The Morgan fingerprint density at radius 1 is 1.04 bits per heavy atom. The van der Waals surface area contributed by atoms with Crippen molar-refractivity contribution in [2.24, 2.45) is 4.99 Å². The summed E-state index contributed by atoms with van der Waals surface area (Å²) in [6.07, 6.45) is 1.20. The lowest BCUT2D eigenvalue weighted by Crippen LogP contribution is -2.04. The molecule has 0 radical (unpaired) electrons. The molecule has 0 aliphatic carbocycles. The summed E-state index contributed by atoms with van der Waals surface area (Å²) in [5, 5.41) is 38.4. The molecular weight excluding hydrogens is 345 g/mol. The molecule has 2 rings (SSSR count). The lowest BCUT2D eigenvalue weighted by atomic mass is 10.1. The highest BCUT2D eigenvalue weighted by atomic mass is 35.5. The Kier molecular flexibility index (Phi) is 4.98. The minimum absolute atomic E-state index is 0.163. The molecule has 2 aromatic rings. The van der Waals surface area contributed by atoms with Gasteiger partial charge in [0.2, 0.25) is 5.75 Å². The normalized spacial score (nSPS) is 11.0. The van der Waals surface area contributed by atoms with Gasteiger partial charge in [0.05, 0.1) is 16.1 Å². The molecule has 2 aromatic carbocycles. The number of nitrogens with zero attached hydrogens (tertiary/aromatic N) is 1. The van der Waals surface area contributed by atoms with E-state index in [0.29, 0.717) is 0 Å². The molecule has 4 N–H and O–H groups in total. The Morgan fingerprint density at radius 3 is 2.39 bits per heavy atom. The summed E-state index contributed by atoms with van der Waals surface area (Å²) >= 11 is 11.6. The van der Waals surface area contributed by atoms with Gasteiger partial charge in [-0.2, -0.15) is 0 Å². The summed E-state index contributed by atoms with van der Waals surface area (Å²) in [5.74, 6) is -2.83. The van der Waals surface area contributed by atoms with Crippen LogP contribution in [0, 0.1) is 0 Å². The number of hydrogen-bond acceptors (Lipinski definition) is 6. The topological polar surface area (TPSA) is 110 Å². The maximum Gasteiger partial charge on any atom is 0.201 e. The number of carbonyl (C=O) groups excluding carboxylic acids is 1. The van der Waals surface area contributed by atoms with Crippen LogP contribution in [0.2, 0.25) is 10.0 Å². The van der Waals surface area contributed by atoms with Crippen LogP contribution in [0.1, 0.15) is 15.9 Å². The molecule has 0 unspecified atom stereocenters. The van der Waals surface area contributed by atoms with Gasteiger partial charge in [0.15, 0.2) is 17.3 Å². The van der Waals surface area contributed by atoms with Gasteiger partial charge in [-0.15, -0.1) is 0 Å². The molecule has 0 saturated heterocycles. The molecular formula is C15H11Cl2NO5. The second-order valence-electron chi connectivity index (χ2n) is 4.54. The summed E-state index contributed by atoms with van der Waals surface area (Å²) < 4.78 is 0. The van der Waals surface area contributed by atoms with Crippen molar-refractivity contribution < 1.29 is 25.2 Å². The number of Topliss-reactive ketones (excluding diaryl/α,β-unsaturated/α-hetero) is 1. The number of aromatic hydroxyl groups is 4. The molecule has 120 valence electrons. The summed E-state index contributed by atoms with van der Waals surface area (Å²) in [7, 11) is 0. The highest BCUT2D eigenvalue weighted by molar-refractivity contribution is 6.36. The van der Waals surface area contributed by atoms with Gasteiger partial charge in [-0.1, -0.05) is 23.2 Å². The molecule has 0 saturated carbocycles. The summed E-state index contributed by atoms with van der Waals surface area (Å²) in [5.41, 5.74) is 0.00511. The van der Waals surface area contributed by atoms with Gasteiger partial charge >= 0.3 is 0 Å². The van der Waals surface area contributed by atoms with Crippen molar-refractivity contribution in [3.05, 3.63) is 45.4 Å². The zero-order valence-corrected chi connectivity index (χ0v) is 13.0. The van der Waals surface area contributed by atoms with Gasteiger partial charge in [0.25, 0.3) is 0 Å². The van der Waals surface area contributed by atoms with Crippen LogP contribution < -0.4 is 0 Å². The number of benzene rings is 2. The Bertz CT molecular complexity index is 782. The molecule has 0 fully saturated rings. The minimum Gasteiger partial charge on any atom is -0.507 e. The quantitative estimate of drug-likeness (QED) is 0.382. The second kappa shape index (κ2) is 6.76. The fraction of sp³-hybridized carbons (Fsp3) is 0.0667. The molecule has 0 atom stereocenters. The molecule has 0 aliphatic heterocycles. The monoisotopic (exact) mass is 355 g/mol. The smallest absolute Gasteiger partial charge is 0.201 e. The number of phenols is 4. The standard InChI is InChI=1S/C15H11Cl2NO5/c16-7-3-10(17)9(12(20)4-7)5-18-6-13(21)8-1-2-11(19)15(23)14(8)22/h1-5,19-20,22-23H,6H2. The van der Waals surface area contributed by atoms with Crippen molar-refractivity contribution in [3.63, 3.8) is 0 Å². The number of phenolic OH excluding ortho intramolecular Hbond substituents is 4. The SMILES string of the molecule is O=C(CN=Cc1c(O)cc(Cl)cc1Cl)c1ccc(O)c(O)c1O. The zero-order chi connectivity index (χ0) is 17.1. The van der Waals surface area contributed by atoms with E-state index in [-0.39, 0.29) is 33.5 Å². The van der Waals surface area contributed by atoms with E-state index >= 15 is 0 Å². The van der Waals surface area contributed by atoms with Crippen molar-refractivity contribution in [1.29, 1.82) is 0 Å². The van der Waals surface area contributed by atoms with Crippen molar-refractivity contribution in [3.8, 4) is 23.0 Å². The number of rotatable bonds is 4. The van der Waals surface area contributed by atoms with E-state index in [1.54, 1.807) is 0 Å². The first-order valence-electron chi connectivity index (χ1n) is 6.26. The Balaban J connectivity index is 2.18. The van der Waals surface area contributed by atoms with Crippen LogP contribution in [0.4, 0.5) is 0 Å². The van der Waals surface area contributed by atoms with Crippen LogP contribution in [-0.2, 0) is 0 Å². The van der Waals surface area contributed by atoms with Gasteiger partial charge < -0.3 is 20.4 Å². The number of hydrogen-bond donors (Lipinski definition) is 4. The molecule has 0 aromatic heterocycles. The van der Waals surface area contributed by atoms with Crippen molar-refractivity contribution in [1.82, 2.24) is 0 Å². The second-order valence-corrected chi connectivity index (χ2v) is 5.39. The van der Waals surface area contributed by atoms with E-state index in [2.05, 4.69) is 4.99 Å². The third-order valence-corrected chi connectivity index (χ3v) is 3.49. The number of ketones is 1. The van der Waals surface area contributed by atoms with Crippen LogP contribution >= 0.6 is 23.2 Å². The van der Waals surface area contributed by atoms with E-state index in [1.165, 1.54) is 18.3 Å². The van der Waals surface area contributed by atoms with Gasteiger partial charge in [-0.3, -0.25) is 9.79 Å². The van der Waals surface area contributed by atoms with Crippen molar-refractivity contribution in [2.45, 2.75) is 0 Å². The highest BCUT2D eigenvalue weighted by Crippen LogP contribution is 2.37. The average molecular weight is 356 g/mol. The fourth-order valence-corrected chi connectivity index (χ4v) is 2.33. The van der Waals surface area contributed by atoms with Crippen LogP contribution in [0.5, 0.6) is 23.0 Å². The van der Waals surface area contributed by atoms with E-state index in [0.717, 1.165) is 12.1 Å². The predicted octanol–water partition coefficient (Wildman–Crippen LogP) is 3.12. The van der Waals surface area contributed by atoms with Crippen LogP contribution in [0.15, 0.2) is 29.3 Å². The summed E-state index contributed by atoms with van der Waals surface area (Å²) in [6, 6.07) is 4.93. The first-order chi connectivity index (χ1) is 10.8. The third kappa shape index (κ3) is 3.67. The van der Waals surface area contributed by atoms with Gasteiger partial charge in [0, 0.05) is 11.2 Å². The molecule has 0 spiro atoms. The average Bonchev–Trinajstić information content (AvgIpc) is 2.47. The first kappa shape index (κ1) is 16.9. The van der Waals surface area contributed by atoms with E-state index in [9.17, 15) is 25.2 Å². The number of carbonyl (C=O) groups is 1. The molecule has 0 amide bonds. The first-order valence-corrected chi connectivity index (χ1v) is 7.01. The Hall–Kier alpha value is -2.44. The van der Waals surface area contributed by atoms with Gasteiger partial charge in [0.1, 0.15) is 12.3 Å². The molecule has 0 aliphatic rings. The molecule has 0 bridgehead atoms. The molecule has 8 heteroatoms. The predicted molar refractivity (Wildman–Crippen MR) is 86.4 cm³/mol. The number of halogens is 2. The van der Waals surface area contributed by atoms with Crippen LogP contribution in [0.3, 0.4) is 0 Å². The van der Waals surface area contributed by atoms with E-state index < -0.39 is 23.0 Å². The largest absolute Gasteiger partial charge is 0.507 e. The van der Waals surface area contributed by atoms with Crippen molar-refractivity contribution in [2.75, 3.05) is 6.54 Å². The molecule has 23 heavy (non-hydrogen) atoms. The molecule has 0 heterocycles. The van der Waals surface area contributed by atoms with E-state index in [1.807, 2.05) is 0 Å². The maximum absolute atomic E-state index is 12.0.